The summed E-state index contributed by atoms with van der Waals surface area (Å²) in [5.41, 5.74) is 2.50. The van der Waals surface area contributed by atoms with Crippen LogP contribution in [0.25, 0.3) is 0 Å². The number of nitrogens with zero attached hydrogens (tertiary/aromatic N) is 2. The van der Waals surface area contributed by atoms with E-state index in [1.165, 1.54) is 30.5 Å². The van der Waals surface area contributed by atoms with Crippen molar-refractivity contribution in [2.45, 2.75) is 59.5 Å². The van der Waals surface area contributed by atoms with Crippen LogP contribution in [0.2, 0.25) is 0 Å². The Morgan fingerprint density at radius 1 is 1.35 bits per heavy atom. The zero-order valence-corrected chi connectivity index (χ0v) is 13.4. The second-order valence-corrected chi connectivity index (χ2v) is 6.12. The third-order valence-electron chi connectivity index (χ3n) is 4.27. The van der Waals surface area contributed by atoms with Crippen LogP contribution in [0.1, 0.15) is 51.3 Å². The number of nitrogens with one attached hydrogen (secondary N) is 1. The zero-order chi connectivity index (χ0) is 14.5. The topological polar surface area (TPSA) is 28.2 Å². The second-order valence-electron chi connectivity index (χ2n) is 6.12. The maximum atomic E-state index is 4.82. The minimum Gasteiger partial charge on any atom is -0.357 e. The van der Waals surface area contributed by atoms with Crippen molar-refractivity contribution in [2.75, 3.05) is 18.0 Å². The highest BCUT2D eigenvalue weighted by molar-refractivity contribution is 5.41. The summed E-state index contributed by atoms with van der Waals surface area (Å²) in [6, 6.07) is 5.18. The fraction of sp³-hybridized carbons (Fsp3) is 0.706. The molecule has 1 unspecified atom stereocenters. The van der Waals surface area contributed by atoms with E-state index in [-0.39, 0.29) is 0 Å². The van der Waals surface area contributed by atoms with Gasteiger partial charge < -0.3 is 10.2 Å². The number of aryl methyl sites for hydroxylation is 1. The van der Waals surface area contributed by atoms with E-state index in [1.54, 1.807) is 0 Å². The largest absolute Gasteiger partial charge is 0.357 e. The summed E-state index contributed by atoms with van der Waals surface area (Å²) < 4.78 is 0. The van der Waals surface area contributed by atoms with E-state index in [0.29, 0.717) is 5.92 Å². The van der Waals surface area contributed by atoms with Crippen LogP contribution < -0.4 is 10.2 Å². The third-order valence-corrected chi connectivity index (χ3v) is 4.27. The van der Waals surface area contributed by atoms with Gasteiger partial charge in [-0.15, -0.1) is 0 Å². The monoisotopic (exact) mass is 275 g/mol. The van der Waals surface area contributed by atoms with Crippen molar-refractivity contribution in [3.63, 3.8) is 0 Å². The minimum atomic E-state index is 0.716. The Kier molecular flexibility index (Phi) is 5.41. The molecule has 1 heterocycles. The van der Waals surface area contributed by atoms with E-state index in [1.807, 2.05) is 0 Å². The molecule has 0 aliphatic heterocycles. The maximum Gasteiger partial charge on any atom is 0.128 e. The quantitative estimate of drug-likeness (QED) is 0.787. The Hall–Kier alpha value is -1.09. The number of aromatic nitrogens is 1. The van der Waals surface area contributed by atoms with Gasteiger partial charge in [-0.05, 0) is 44.2 Å². The molecule has 0 bridgehead atoms. The average Bonchev–Trinajstić information content (AvgIpc) is 3.27. The van der Waals surface area contributed by atoms with Crippen LogP contribution in [0.4, 0.5) is 5.82 Å². The van der Waals surface area contributed by atoms with Gasteiger partial charge in [-0.2, -0.15) is 0 Å². The lowest BCUT2D eigenvalue weighted by Gasteiger charge is -2.25. The van der Waals surface area contributed by atoms with Gasteiger partial charge in [0.1, 0.15) is 5.82 Å². The summed E-state index contributed by atoms with van der Waals surface area (Å²) in [6.45, 7) is 12.0. The lowest BCUT2D eigenvalue weighted by atomic mass is 10.1. The highest BCUT2D eigenvalue weighted by atomic mass is 15.2. The fourth-order valence-electron chi connectivity index (χ4n) is 2.37. The van der Waals surface area contributed by atoms with Crippen LogP contribution in [0.3, 0.4) is 0 Å². The van der Waals surface area contributed by atoms with Crippen LogP contribution in [0.5, 0.6) is 0 Å². The Morgan fingerprint density at radius 3 is 2.65 bits per heavy atom. The zero-order valence-electron chi connectivity index (χ0n) is 13.4. The molecule has 3 heteroatoms. The van der Waals surface area contributed by atoms with Gasteiger partial charge in [0.25, 0.3) is 0 Å². The van der Waals surface area contributed by atoms with E-state index in [9.17, 15) is 0 Å². The molecule has 2 rings (SSSR count). The number of anilines is 1. The first-order valence-electron chi connectivity index (χ1n) is 8.08. The van der Waals surface area contributed by atoms with Crippen molar-refractivity contribution >= 4 is 5.82 Å². The molecule has 1 fully saturated rings. The summed E-state index contributed by atoms with van der Waals surface area (Å²) in [5.74, 6) is 1.84. The summed E-state index contributed by atoms with van der Waals surface area (Å²) >= 11 is 0. The molecule has 0 spiro atoms. The van der Waals surface area contributed by atoms with Crippen LogP contribution in [0.15, 0.2) is 12.1 Å². The van der Waals surface area contributed by atoms with Gasteiger partial charge in [-0.25, -0.2) is 4.98 Å². The van der Waals surface area contributed by atoms with Gasteiger partial charge in [-0.1, -0.05) is 26.3 Å². The minimum absolute atomic E-state index is 0.716. The van der Waals surface area contributed by atoms with E-state index < -0.39 is 0 Å². The first kappa shape index (κ1) is 15.3. The lowest BCUT2D eigenvalue weighted by Crippen LogP contribution is -2.29. The molecule has 1 aromatic rings. The fourth-order valence-corrected chi connectivity index (χ4v) is 2.37. The van der Waals surface area contributed by atoms with E-state index in [2.05, 4.69) is 50.0 Å². The lowest BCUT2D eigenvalue weighted by molar-refractivity contribution is 0.545. The van der Waals surface area contributed by atoms with Gasteiger partial charge in [0, 0.05) is 31.4 Å². The van der Waals surface area contributed by atoms with Gasteiger partial charge in [0.05, 0.1) is 0 Å². The number of rotatable bonds is 8. The molecular formula is C17H29N3. The molecule has 0 saturated heterocycles. The van der Waals surface area contributed by atoms with Crippen molar-refractivity contribution in [1.29, 1.82) is 0 Å². The van der Waals surface area contributed by atoms with Gasteiger partial charge in [-0.3, -0.25) is 0 Å². The number of hydrogen-bond acceptors (Lipinski definition) is 3. The Morgan fingerprint density at radius 2 is 2.10 bits per heavy atom. The van der Waals surface area contributed by atoms with Crippen LogP contribution in [0, 0.1) is 12.8 Å². The first-order chi connectivity index (χ1) is 9.63. The molecule has 1 aromatic heterocycles. The summed E-state index contributed by atoms with van der Waals surface area (Å²) in [7, 11) is 0. The number of hydrogen-bond donors (Lipinski definition) is 1. The van der Waals surface area contributed by atoms with Gasteiger partial charge >= 0.3 is 0 Å². The summed E-state index contributed by atoms with van der Waals surface area (Å²) in [5, 5.41) is 3.56. The van der Waals surface area contributed by atoms with Crippen molar-refractivity contribution < 1.29 is 0 Å². The third kappa shape index (κ3) is 4.20. The van der Waals surface area contributed by atoms with Crippen molar-refractivity contribution in [2.24, 2.45) is 5.92 Å². The predicted molar refractivity (Wildman–Crippen MR) is 86.2 cm³/mol. The predicted octanol–water partition coefficient (Wildman–Crippen LogP) is 3.51. The molecule has 0 radical (unpaired) electrons. The van der Waals surface area contributed by atoms with Gasteiger partial charge in [0.15, 0.2) is 0 Å². The molecular weight excluding hydrogens is 246 g/mol. The van der Waals surface area contributed by atoms with Crippen molar-refractivity contribution in [3.05, 3.63) is 23.4 Å². The average molecular weight is 275 g/mol. The highest BCUT2D eigenvalue weighted by Crippen LogP contribution is 2.21. The molecule has 1 aliphatic carbocycles. The maximum absolute atomic E-state index is 4.82. The van der Waals surface area contributed by atoms with E-state index in [0.717, 1.165) is 31.5 Å². The van der Waals surface area contributed by atoms with Crippen molar-refractivity contribution in [3.8, 4) is 0 Å². The Labute approximate surface area is 123 Å². The normalized spacial score (nSPS) is 16.2. The first-order valence-corrected chi connectivity index (χ1v) is 8.08. The smallest absolute Gasteiger partial charge is 0.128 e. The van der Waals surface area contributed by atoms with Crippen LogP contribution >= 0.6 is 0 Å². The molecule has 0 aromatic carbocycles. The van der Waals surface area contributed by atoms with Crippen LogP contribution in [-0.4, -0.2) is 24.1 Å². The molecule has 0 amide bonds. The second kappa shape index (κ2) is 7.07. The van der Waals surface area contributed by atoms with Crippen LogP contribution in [-0.2, 0) is 6.54 Å². The molecule has 3 nitrogen and oxygen atoms in total. The van der Waals surface area contributed by atoms with E-state index >= 15 is 0 Å². The molecule has 1 N–H and O–H groups in total. The van der Waals surface area contributed by atoms with Crippen molar-refractivity contribution in [1.82, 2.24) is 10.3 Å². The van der Waals surface area contributed by atoms with E-state index in [4.69, 9.17) is 4.98 Å². The molecule has 1 atom stereocenters. The number of pyridine rings is 1. The molecule has 1 saturated carbocycles. The highest BCUT2D eigenvalue weighted by Gasteiger charge is 2.20. The molecule has 1 aliphatic rings. The standard InChI is InChI=1S/C17H29N3/c1-5-13(3)12-20(6-2)17-10-7-15(14(4)19-17)11-18-16-8-9-16/h7,10,13,16,18H,5-6,8-9,11-12H2,1-4H3. The molecule has 112 valence electrons. The molecule has 20 heavy (non-hydrogen) atoms. The summed E-state index contributed by atoms with van der Waals surface area (Å²) in [4.78, 5) is 7.20. The Balaban J connectivity index is 2.01. The Bertz CT molecular complexity index is 426. The summed E-state index contributed by atoms with van der Waals surface area (Å²) in [6.07, 6.45) is 3.89. The SMILES string of the molecule is CCC(C)CN(CC)c1ccc(CNC2CC2)c(C)n1. The van der Waals surface area contributed by atoms with Gasteiger partial charge in [0.2, 0.25) is 0 Å².